The fourth-order valence-electron chi connectivity index (χ4n) is 3.00. The fourth-order valence-corrected chi connectivity index (χ4v) is 4.15. The van der Waals surface area contributed by atoms with Crippen molar-refractivity contribution < 1.29 is 9.18 Å². The lowest BCUT2D eigenvalue weighted by atomic mass is 10.1. The van der Waals surface area contributed by atoms with Crippen molar-refractivity contribution in [2.45, 2.75) is 24.8 Å². The average molecular weight is 486 g/mol. The first kappa shape index (κ1) is 20.5. The van der Waals surface area contributed by atoms with Crippen LogP contribution in [0.1, 0.15) is 27.3 Å². The van der Waals surface area contributed by atoms with Gasteiger partial charge in [-0.2, -0.15) is 4.98 Å². The van der Waals surface area contributed by atoms with E-state index in [0.717, 1.165) is 17.0 Å². The van der Waals surface area contributed by atoms with Crippen molar-refractivity contribution >= 4 is 45.1 Å². The summed E-state index contributed by atoms with van der Waals surface area (Å²) >= 11 is 4.62. The average Bonchev–Trinajstić information content (AvgIpc) is 3.12. The highest BCUT2D eigenvalue weighted by Gasteiger charge is 2.15. The third kappa shape index (κ3) is 4.36. The molecule has 0 saturated carbocycles. The number of nitrogens with zero attached hydrogens (tertiary/aromatic N) is 4. The van der Waals surface area contributed by atoms with Crippen molar-refractivity contribution in [3.05, 3.63) is 81.3 Å². The minimum Gasteiger partial charge on any atom is -0.319 e. The van der Waals surface area contributed by atoms with E-state index in [4.69, 9.17) is 0 Å². The number of benzene rings is 2. The third-order valence-corrected chi connectivity index (χ3v) is 5.78. The quantitative estimate of drug-likeness (QED) is 0.394. The first-order valence-electron chi connectivity index (χ1n) is 9.09. The summed E-state index contributed by atoms with van der Waals surface area (Å²) in [6.45, 7) is 3.86. The van der Waals surface area contributed by atoms with E-state index in [1.54, 1.807) is 22.7 Å². The summed E-state index contributed by atoms with van der Waals surface area (Å²) < 4.78 is 16.4. The van der Waals surface area contributed by atoms with Crippen LogP contribution in [0.15, 0.2) is 58.2 Å². The highest BCUT2D eigenvalue weighted by Crippen LogP contribution is 2.24. The van der Waals surface area contributed by atoms with Crippen LogP contribution in [-0.2, 0) is 5.75 Å². The van der Waals surface area contributed by atoms with Crippen LogP contribution < -0.4 is 5.32 Å². The van der Waals surface area contributed by atoms with Gasteiger partial charge in [-0.1, -0.05) is 45.9 Å². The van der Waals surface area contributed by atoms with Gasteiger partial charge in [0.05, 0.1) is 5.69 Å². The van der Waals surface area contributed by atoms with Gasteiger partial charge in [0.25, 0.3) is 11.7 Å². The molecule has 0 radical (unpaired) electrons. The molecule has 0 fully saturated rings. The number of halogens is 2. The van der Waals surface area contributed by atoms with Crippen LogP contribution in [0.4, 0.5) is 10.1 Å². The number of carbonyl (C=O) groups is 1. The SMILES string of the molecule is Cc1cc(C)n2nc(SCc3ccccc3C(=O)Nc3ccc(Br)cc3F)nc2n1. The number of thioether (sulfide) groups is 1. The normalized spacial score (nSPS) is 11.1. The molecule has 1 N–H and O–H groups in total. The summed E-state index contributed by atoms with van der Waals surface area (Å²) in [5, 5.41) is 7.69. The Bertz CT molecular complexity index is 1260. The topological polar surface area (TPSA) is 72.2 Å². The lowest BCUT2D eigenvalue weighted by Crippen LogP contribution is -2.15. The molecule has 0 aliphatic rings. The molecule has 6 nitrogen and oxygen atoms in total. The van der Waals surface area contributed by atoms with Gasteiger partial charge < -0.3 is 5.32 Å². The number of amides is 1. The number of aryl methyl sites for hydroxylation is 2. The number of anilines is 1. The van der Waals surface area contributed by atoms with E-state index in [2.05, 4.69) is 36.3 Å². The Kier molecular flexibility index (Phi) is 5.83. The van der Waals surface area contributed by atoms with E-state index < -0.39 is 5.82 Å². The highest BCUT2D eigenvalue weighted by atomic mass is 79.9. The summed E-state index contributed by atoms with van der Waals surface area (Å²) in [4.78, 5) is 21.6. The molecule has 4 rings (SSSR count). The smallest absolute Gasteiger partial charge is 0.256 e. The van der Waals surface area contributed by atoms with Gasteiger partial charge in [0, 0.05) is 27.2 Å². The second-order valence-electron chi connectivity index (χ2n) is 6.67. The van der Waals surface area contributed by atoms with Crippen LogP contribution in [0.3, 0.4) is 0 Å². The van der Waals surface area contributed by atoms with Gasteiger partial charge in [-0.3, -0.25) is 4.79 Å². The van der Waals surface area contributed by atoms with Gasteiger partial charge >= 0.3 is 0 Å². The lowest BCUT2D eigenvalue weighted by Gasteiger charge is -2.10. The van der Waals surface area contributed by atoms with E-state index in [-0.39, 0.29) is 11.6 Å². The molecular formula is C21H17BrFN5OS. The molecule has 0 spiro atoms. The van der Waals surface area contributed by atoms with Gasteiger partial charge in [-0.05, 0) is 49.7 Å². The Morgan fingerprint density at radius 3 is 2.77 bits per heavy atom. The maximum absolute atomic E-state index is 14.1. The van der Waals surface area contributed by atoms with E-state index in [0.29, 0.717) is 26.7 Å². The zero-order valence-corrected chi connectivity index (χ0v) is 18.6. The molecule has 2 aromatic carbocycles. The number of aromatic nitrogens is 4. The zero-order chi connectivity index (χ0) is 21.3. The van der Waals surface area contributed by atoms with Crippen LogP contribution in [0.25, 0.3) is 5.78 Å². The maximum atomic E-state index is 14.1. The van der Waals surface area contributed by atoms with Crippen LogP contribution in [-0.4, -0.2) is 25.5 Å². The van der Waals surface area contributed by atoms with Gasteiger partial charge in [0.1, 0.15) is 5.82 Å². The molecule has 9 heteroatoms. The molecule has 2 aromatic heterocycles. The van der Waals surface area contributed by atoms with Crippen molar-refractivity contribution in [3.63, 3.8) is 0 Å². The van der Waals surface area contributed by atoms with Crippen LogP contribution >= 0.6 is 27.7 Å². The predicted octanol–water partition coefficient (Wildman–Crippen LogP) is 5.19. The summed E-state index contributed by atoms with van der Waals surface area (Å²) in [5.74, 6) is 0.160. The second-order valence-corrected chi connectivity index (χ2v) is 8.53. The Labute approximate surface area is 185 Å². The van der Waals surface area contributed by atoms with Crippen molar-refractivity contribution in [2.24, 2.45) is 0 Å². The minimum absolute atomic E-state index is 0.129. The van der Waals surface area contributed by atoms with Crippen molar-refractivity contribution in [1.82, 2.24) is 19.6 Å². The van der Waals surface area contributed by atoms with Crippen molar-refractivity contribution in [2.75, 3.05) is 5.32 Å². The van der Waals surface area contributed by atoms with Crippen molar-refractivity contribution in [1.29, 1.82) is 0 Å². The monoisotopic (exact) mass is 485 g/mol. The highest BCUT2D eigenvalue weighted by molar-refractivity contribution is 9.10. The Morgan fingerprint density at radius 2 is 1.97 bits per heavy atom. The Morgan fingerprint density at radius 1 is 1.17 bits per heavy atom. The van der Waals surface area contributed by atoms with E-state index >= 15 is 0 Å². The second kappa shape index (κ2) is 8.53. The van der Waals surface area contributed by atoms with E-state index in [9.17, 15) is 9.18 Å². The molecule has 2 heterocycles. The molecule has 152 valence electrons. The first-order valence-corrected chi connectivity index (χ1v) is 10.9. The first-order chi connectivity index (χ1) is 14.4. The molecular weight excluding hydrogens is 469 g/mol. The number of carbonyl (C=O) groups excluding carboxylic acids is 1. The van der Waals surface area contributed by atoms with Gasteiger partial charge in [-0.15, -0.1) is 5.10 Å². The summed E-state index contributed by atoms with van der Waals surface area (Å²) in [5.41, 5.74) is 3.24. The molecule has 0 aliphatic carbocycles. The minimum atomic E-state index is -0.503. The summed E-state index contributed by atoms with van der Waals surface area (Å²) in [6.07, 6.45) is 0. The van der Waals surface area contributed by atoms with Gasteiger partial charge in [-0.25, -0.2) is 13.9 Å². The molecule has 0 atom stereocenters. The van der Waals surface area contributed by atoms with E-state index in [1.807, 2.05) is 32.0 Å². The molecule has 0 bridgehead atoms. The number of fused-ring (bicyclic) bond motifs is 1. The van der Waals surface area contributed by atoms with E-state index in [1.165, 1.54) is 23.9 Å². The molecule has 0 aliphatic heterocycles. The van der Waals surface area contributed by atoms with Gasteiger partial charge in [0.2, 0.25) is 5.16 Å². The van der Waals surface area contributed by atoms with Crippen molar-refractivity contribution in [3.8, 4) is 0 Å². The molecule has 0 unspecified atom stereocenters. The predicted molar refractivity (Wildman–Crippen MR) is 118 cm³/mol. The lowest BCUT2D eigenvalue weighted by molar-refractivity contribution is 0.102. The fraction of sp³-hybridized carbons (Fsp3) is 0.143. The number of hydrogen-bond donors (Lipinski definition) is 1. The Balaban J connectivity index is 1.53. The number of rotatable bonds is 5. The van der Waals surface area contributed by atoms with Crippen LogP contribution in [0.5, 0.6) is 0 Å². The summed E-state index contributed by atoms with van der Waals surface area (Å²) in [6, 6.07) is 13.7. The zero-order valence-electron chi connectivity index (χ0n) is 16.2. The molecule has 30 heavy (non-hydrogen) atoms. The summed E-state index contributed by atoms with van der Waals surface area (Å²) in [7, 11) is 0. The maximum Gasteiger partial charge on any atom is 0.256 e. The molecule has 4 aromatic rings. The van der Waals surface area contributed by atoms with Gasteiger partial charge in [0.15, 0.2) is 0 Å². The number of hydrogen-bond acceptors (Lipinski definition) is 5. The molecule has 1 amide bonds. The number of nitrogens with one attached hydrogen (secondary N) is 1. The molecule has 0 saturated heterocycles. The third-order valence-electron chi connectivity index (χ3n) is 4.40. The Hall–Kier alpha value is -2.78. The van der Waals surface area contributed by atoms with Crippen LogP contribution in [0, 0.1) is 19.7 Å². The van der Waals surface area contributed by atoms with Crippen LogP contribution in [0.2, 0.25) is 0 Å². The standard InChI is InChI=1S/C21H17BrFN5OS/c1-12-9-13(2)28-20(24-12)26-21(27-28)30-11-14-5-3-4-6-16(14)19(29)25-18-8-7-15(22)10-17(18)23/h3-10H,11H2,1-2H3,(H,25,29). The largest absolute Gasteiger partial charge is 0.319 e.